The first-order chi connectivity index (χ1) is 8.81. The second-order valence-electron chi connectivity index (χ2n) is 4.85. The van der Waals surface area contributed by atoms with Crippen LogP contribution in [0.4, 0.5) is 5.69 Å². The minimum Gasteiger partial charge on any atom is -0.376 e. The molecule has 1 saturated heterocycles. The van der Waals surface area contributed by atoms with E-state index in [-0.39, 0.29) is 5.91 Å². The molecule has 0 saturated carbocycles. The topological polar surface area (TPSA) is 32.3 Å². The largest absolute Gasteiger partial charge is 0.376 e. The van der Waals surface area contributed by atoms with Crippen molar-refractivity contribution in [3.8, 4) is 0 Å². The van der Waals surface area contributed by atoms with Crippen molar-refractivity contribution in [1.82, 2.24) is 4.90 Å². The van der Waals surface area contributed by atoms with E-state index in [1.807, 2.05) is 11.0 Å². The van der Waals surface area contributed by atoms with Gasteiger partial charge in [-0.05, 0) is 30.9 Å². The number of benzene rings is 1. The Morgan fingerprint density at radius 2 is 2.00 bits per heavy atom. The van der Waals surface area contributed by atoms with E-state index in [9.17, 15) is 4.79 Å². The maximum Gasteiger partial charge on any atom is 0.241 e. The number of rotatable bonds is 5. The maximum atomic E-state index is 12.0. The van der Waals surface area contributed by atoms with Gasteiger partial charge in [0.15, 0.2) is 0 Å². The van der Waals surface area contributed by atoms with Crippen molar-refractivity contribution in [2.75, 3.05) is 25.0 Å². The Balaban J connectivity index is 1.90. The predicted molar refractivity (Wildman–Crippen MR) is 74.7 cm³/mol. The molecule has 1 aromatic rings. The van der Waals surface area contributed by atoms with Crippen molar-refractivity contribution in [3.63, 3.8) is 0 Å². The van der Waals surface area contributed by atoms with E-state index < -0.39 is 0 Å². The summed E-state index contributed by atoms with van der Waals surface area (Å²) in [5.41, 5.74) is 2.40. The molecule has 0 atom stereocenters. The highest BCUT2D eigenvalue weighted by atomic mass is 16.2. The Morgan fingerprint density at radius 3 is 2.72 bits per heavy atom. The van der Waals surface area contributed by atoms with Gasteiger partial charge in [-0.25, -0.2) is 0 Å². The predicted octanol–water partition coefficient (Wildman–Crippen LogP) is 2.67. The SMILES string of the molecule is CCCc1ccccc1NCC(=O)N1CCCC1. The first-order valence-electron chi connectivity index (χ1n) is 6.91. The van der Waals surface area contributed by atoms with Crippen LogP contribution in [0.3, 0.4) is 0 Å². The molecule has 0 radical (unpaired) electrons. The molecule has 0 aliphatic carbocycles. The van der Waals surface area contributed by atoms with Gasteiger partial charge in [0.25, 0.3) is 0 Å². The number of carbonyl (C=O) groups is 1. The number of hydrogen-bond donors (Lipinski definition) is 1. The van der Waals surface area contributed by atoms with Gasteiger partial charge in [0.2, 0.25) is 5.91 Å². The monoisotopic (exact) mass is 246 g/mol. The standard InChI is InChI=1S/C15H22N2O/c1-2-7-13-8-3-4-9-14(13)16-12-15(18)17-10-5-6-11-17/h3-4,8-9,16H,2,5-7,10-12H2,1H3. The Bertz CT molecular complexity index is 397. The van der Waals surface area contributed by atoms with E-state index in [2.05, 4.69) is 30.4 Å². The van der Waals surface area contributed by atoms with Gasteiger partial charge in [0.1, 0.15) is 0 Å². The molecule has 18 heavy (non-hydrogen) atoms. The van der Waals surface area contributed by atoms with Crippen molar-refractivity contribution in [2.24, 2.45) is 0 Å². The highest BCUT2D eigenvalue weighted by Gasteiger charge is 2.17. The number of para-hydroxylation sites is 1. The molecule has 3 heteroatoms. The molecule has 1 aromatic carbocycles. The summed E-state index contributed by atoms with van der Waals surface area (Å²) in [7, 11) is 0. The molecule has 1 heterocycles. The van der Waals surface area contributed by atoms with Crippen LogP contribution in [0.2, 0.25) is 0 Å². The highest BCUT2D eigenvalue weighted by Crippen LogP contribution is 2.17. The number of amides is 1. The summed E-state index contributed by atoms with van der Waals surface area (Å²) in [5, 5.41) is 3.28. The first-order valence-corrected chi connectivity index (χ1v) is 6.91. The second-order valence-corrected chi connectivity index (χ2v) is 4.85. The van der Waals surface area contributed by atoms with Crippen LogP contribution in [0.15, 0.2) is 24.3 Å². The fraction of sp³-hybridized carbons (Fsp3) is 0.533. The number of nitrogens with one attached hydrogen (secondary N) is 1. The summed E-state index contributed by atoms with van der Waals surface area (Å²) in [6.07, 6.45) is 4.48. The average molecular weight is 246 g/mol. The zero-order chi connectivity index (χ0) is 12.8. The fourth-order valence-corrected chi connectivity index (χ4v) is 2.43. The van der Waals surface area contributed by atoms with Crippen LogP contribution in [0, 0.1) is 0 Å². The van der Waals surface area contributed by atoms with E-state index in [0.717, 1.165) is 44.5 Å². The van der Waals surface area contributed by atoms with Gasteiger partial charge in [0, 0.05) is 18.8 Å². The van der Waals surface area contributed by atoms with E-state index >= 15 is 0 Å². The number of carbonyl (C=O) groups excluding carboxylic acids is 1. The lowest BCUT2D eigenvalue weighted by molar-refractivity contribution is -0.128. The van der Waals surface area contributed by atoms with Gasteiger partial charge >= 0.3 is 0 Å². The van der Waals surface area contributed by atoms with Crippen LogP contribution in [-0.4, -0.2) is 30.4 Å². The van der Waals surface area contributed by atoms with Crippen molar-refractivity contribution in [1.29, 1.82) is 0 Å². The van der Waals surface area contributed by atoms with Crippen molar-refractivity contribution in [2.45, 2.75) is 32.6 Å². The average Bonchev–Trinajstić information content (AvgIpc) is 2.92. The molecule has 2 rings (SSSR count). The molecular formula is C15H22N2O. The third kappa shape index (κ3) is 3.25. The quantitative estimate of drug-likeness (QED) is 0.866. The van der Waals surface area contributed by atoms with Crippen LogP contribution in [0.25, 0.3) is 0 Å². The van der Waals surface area contributed by atoms with Gasteiger partial charge in [-0.15, -0.1) is 0 Å². The minimum absolute atomic E-state index is 0.221. The van der Waals surface area contributed by atoms with Crippen LogP contribution in [-0.2, 0) is 11.2 Å². The number of aryl methyl sites for hydroxylation is 1. The maximum absolute atomic E-state index is 12.0. The third-order valence-electron chi connectivity index (χ3n) is 3.43. The van der Waals surface area contributed by atoms with Crippen molar-refractivity contribution in [3.05, 3.63) is 29.8 Å². The van der Waals surface area contributed by atoms with Crippen LogP contribution >= 0.6 is 0 Å². The summed E-state index contributed by atoms with van der Waals surface area (Å²) < 4.78 is 0. The molecule has 0 unspecified atom stereocenters. The molecule has 0 bridgehead atoms. The third-order valence-corrected chi connectivity index (χ3v) is 3.43. The van der Waals surface area contributed by atoms with Crippen LogP contribution in [0.1, 0.15) is 31.7 Å². The first kappa shape index (κ1) is 12.9. The number of likely N-dealkylation sites (tertiary alicyclic amines) is 1. The summed E-state index contributed by atoms with van der Waals surface area (Å²) in [6, 6.07) is 8.26. The van der Waals surface area contributed by atoms with E-state index in [0.29, 0.717) is 6.54 Å². The Labute approximate surface area is 109 Å². The Kier molecular flexibility index (Phi) is 4.62. The summed E-state index contributed by atoms with van der Waals surface area (Å²) in [4.78, 5) is 13.9. The number of anilines is 1. The van der Waals surface area contributed by atoms with Gasteiger partial charge in [-0.1, -0.05) is 31.5 Å². The Morgan fingerprint density at radius 1 is 1.28 bits per heavy atom. The summed E-state index contributed by atoms with van der Waals surface area (Å²) >= 11 is 0. The lowest BCUT2D eigenvalue weighted by atomic mass is 10.1. The van der Waals surface area contributed by atoms with Crippen LogP contribution < -0.4 is 5.32 Å². The number of nitrogens with zero attached hydrogens (tertiary/aromatic N) is 1. The lowest BCUT2D eigenvalue weighted by Gasteiger charge is -2.17. The molecule has 3 nitrogen and oxygen atoms in total. The molecule has 0 spiro atoms. The molecule has 1 amide bonds. The van der Waals surface area contributed by atoms with E-state index in [4.69, 9.17) is 0 Å². The lowest BCUT2D eigenvalue weighted by Crippen LogP contribution is -2.33. The molecule has 1 N–H and O–H groups in total. The summed E-state index contributed by atoms with van der Waals surface area (Å²) in [6.45, 7) is 4.45. The summed E-state index contributed by atoms with van der Waals surface area (Å²) in [5.74, 6) is 0.221. The van der Waals surface area contributed by atoms with Crippen LogP contribution in [0.5, 0.6) is 0 Å². The zero-order valence-electron chi connectivity index (χ0n) is 11.1. The van der Waals surface area contributed by atoms with Gasteiger partial charge in [0.05, 0.1) is 6.54 Å². The molecule has 98 valence electrons. The molecular weight excluding hydrogens is 224 g/mol. The minimum atomic E-state index is 0.221. The Hall–Kier alpha value is -1.51. The molecule has 1 aliphatic rings. The fourth-order valence-electron chi connectivity index (χ4n) is 2.43. The second kappa shape index (κ2) is 6.43. The van der Waals surface area contributed by atoms with Gasteiger partial charge in [-0.2, -0.15) is 0 Å². The van der Waals surface area contributed by atoms with Gasteiger partial charge in [-0.3, -0.25) is 4.79 Å². The molecule has 1 aliphatic heterocycles. The normalized spacial score (nSPS) is 14.8. The zero-order valence-corrected chi connectivity index (χ0v) is 11.1. The van der Waals surface area contributed by atoms with Gasteiger partial charge < -0.3 is 10.2 Å². The van der Waals surface area contributed by atoms with E-state index in [1.54, 1.807) is 0 Å². The molecule has 1 fully saturated rings. The van der Waals surface area contributed by atoms with Crippen molar-refractivity contribution >= 4 is 11.6 Å². The van der Waals surface area contributed by atoms with E-state index in [1.165, 1.54) is 5.56 Å². The van der Waals surface area contributed by atoms with Crippen molar-refractivity contribution < 1.29 is 4.79 Å². The smallest absolute Gasteiger partial charge is 0.241 e. The highest BCUT2D eigenvalue weighted by molar-refractivity contribution is 5.81. The number of hydrogen-bond acceptors (Lipinski definition) is 2. The molecule has 0 aromatic heterocycles.